The van der Waals surface area contributed by atoms with Gasteiger partial charge in [0, 0.05) is 18.7 Å². The standard InChI is InChI=1S/C21H18Cl2N2O6/c1-30-20(28)12-5-7-14(8-6-12)25-10-13(9-18(25)27)21(29)31-11-17(26)24-16-4-2-3-15(22)19(16)23/h2-8,13H,9-11H2,1H3,(H,24,26)/t13-/m1/s1. The first-order valence-electron chi connectivity index (χ1n) is 9.19. The number of benzene rings is 2. The van der Waals surface area contributed by atoms with E-state index in [9.17, 15) is 19.2 Å². The van der Waals surface area contributed by atoms with Gasteiger partial charge in [-0.3, -0.25) is 14.4 Å². The van der Waals surface area contributed by atoms with Crippen LogP contribution in [0.2, 0.25) is 10.0 Å². The SMILES string of the molecule is COC(=O)c1ccc(N2C[C@H](C(=O)OCC(=O)Nc3cccc(Cl)c3Cl)CC2=O)cc1. The Kier molecular flexibility index (Phi) is 7.14. The lowest BCUT2D eigenvalue weighted by Gasteiger charge is -2.17. The van der Waals surface area contributed by atoms with Crippen molar-refractivity contribution in [3.8, 4) is 0 Å². The van der Waals surface area contributed by atoms with Gasteiger partial charge >= 0.3 is 11.9 Å². The number of carbonyl (C=O) groups is 4. The molecule has 0 radical (unpaired) electrons. The molecule has 0 aliphatic carbocycles. The van der Waals surface area contributed by atoms with E-state index in [4.69, 9.17) is 27.9 Å². The van der Waals surface area contributed by atoms with Gasteiger partial charge < -0.3 is 19.7 Å². The molecule has 1 aliphatic heterocycles. The minimum atomic E-state index is -0.713. The van der Waals surface area contributed by atoms with Crippen LogP contribution in [0.5, 0.6) is 0 Å². The first-order chi connectivity index (χ1) is 14.8. The Bertz CT molecular complexity index is 1030. The molecule has 1 heterocycles. The number of methoxy groups -OCH3 is 1. The molecule has 1 saturated heterocycles. The van der Waals surface area contributed by atoms with E-state index >= 15 is 0 Å². The molecule has 0 spiro atoms. The van der Waals surface area contributed by atoms with E-state index in [2.05, 4.69) is 10.1 Å². The number of hydrogen-bond acceptors (Lipinski definition) is 6. The molecule has 1 atom stereocenters. The predicted octanol–water partition coefficient (Wildman–Crippen LogP) is 3.31. The summed E-state index contributed by atoms with van der Waals surface area (Å²) in [6.07, 6.45) is -0.0423. The lowest BCUT2D eigenvalue weighted by atomic mass is 10.1. The number of hydrogen-bond donors (Lipinski definition) is 1. The third-order valence-electron chi connectivity index (χ3n) is 4.63. The highest BCUT2D eigenvalue weighted by molar-refractivity contribution is 6.44. The highest BCUT2D eigenvalue weighted by Crippen LogP contribution is 2.29. The third kappa shape index (κ3) is 5.34. The summed E-state index contributed by atoms with van der Waals surface area (Å²) in [6.45, 7) is -0.419. The zero-order valence-electron chi connectivity index (χ0n) is 16.4. The quantitative estimate of drug-likeness (QED) is 0.657. The minimum Gasteiger partial charge on any atom is -0.465 e. The highest BCUT2D eigenvalue weighted by Gasteiger charge is 2.36. The van der Waals surface area contributed by atoms with Crippen molar-refractivity contribution in [1.82, 2.24) is 0 Å². The van der Waals surface area contributed by atoms with Crippen LogP contribution in [0.3, 0.4) is 0 Å². The topological polar surface area (TPSA) is 102 Å². The van der Waals surface area contributed by atoms with E-state index in [1.807, 2.05) is 0 Å². The van der Waals surface area contributed by atoms with Crippen LogP contribution < -0.4 is 10.2 Å². The van der Waals surface area contributed by atoms with Crippen LogP contribution in [-0.2, 0) is 23.9 Å². The Morgan fingerprint density at radius 1 is 1.13 bits per heavy atom. The number of esters is 2. The molecule has 31 heavy (non-hydrogen) atoms. The second-order valence-corrected chi connectivity index (χ2v) is 7.49. The molecule has 1 aliphatic rings. The Morgan fingerprint density at radius 2 is 1.84 bits per heavy atom. The molecule has 8 nitrogen and oxygen atoms in total. The fraction of sp³-hybridized carbons (Fsp3) is 0.238. The summed E-state index contributed by atoms with van der Waals surface area (Å²) in [4.78, 5) is 49.7. The first kappa shape index (κ1) is 22.6. The number of anilines is 2. The molecule has 0 bridgehead atoms. The first-order valence-corrected chi connectivity index (χ1v) is 9.95. The normalized spacial score (nSPS) is 15.5. The molecular formula is C21H18Cl2N2O6. The molecule has 0 saturated carbocycles. The van der Waals surface area contributed by atoms with E-state index in [-0.39, 0.29) is 28.9 Å². The van der Waals surface area contributed by atoms with Crippen molar-refractivity contribution in [2.45, 2.75) is 6.42 Å². The molecular weight excluding hydrogens is 447 g/mol. The van der Waals surface area contributed by atoms with Crippen LogP contribution >= 0.6 is 23.2 Å². The fourth-order valence-electron chi connectivity index (χ4n) is 3.05. The van der Waals surface area contributed by atoms with Gasteiger partial charge in [0.2, 0.25) is 5.91 Å². The predicted molar refractivity (Wildman–Crippen MR) is 114 cm³/mol. The number of halogens is 2. The second-order valence-electron chi connectivity index (χ2n) is 6.70. The van der Waals surface area contributed by atoms with E-state index in [0.29, 0.717) is 16.9 Å². The summed E-state index contributed by atoms with van der Waals surface area (Å²) in [5.41, 5.74) is 1.19. The van der Waals surface area contributed by atoms with Gasteiger partial charge in [-0.15, -0.1) is 0 Å². The smallest absolute Gasteiger partial charge is 0.337 e. The van der Waals surface area contributed by atoms with Gasteiger partial charge in [0.05, 0.1) is 34.3 Å². The van der Waals surface area contributed by atoms with E-state index in [0.717, 1.165) is 0 Å². The summed E-state index contributed by atoms with van der Waals surface area (Å²) >= 11 is 11.9. The van der Waals surface area contributed by atoms with E-state index in [1.165, 1.54) is 24.1 Å². The van der Waals surface area contributed by atoms with Crippen LogP contribution in [0.15, 0.2) is 42.5 Å². The Hall–Kier alpha value is -3.10. The number of carbonyl (C=O) groups excluding carboxylic acids is 4. The average molecular weight is 465 g/mol. The molecule has 2 amide bonds. The summed E-state index contributed by atoms with van der Waals surface area (Å²) in [5.74, 6) is -2.71. The van der Waals surface area contributed by atoms with Crippen LogP contribution in [0.1, 0.15) is 16.8 Å². The number of amides is 2. The number of nitrogens with zero attached hydrogens (tertiary/aromatic N) is 1. The van der Waals surface area contributed by atoms with Gasteiger partial charge in [-0.1, -0.05) is 29.3 Å². The molecule has 0 unspecified atom stereocenters. The molecule has 162 valence electrons. The van der Waals surface area contributed by atoms with E-state index < -0.39 is 30.4 Å². The second kappa shape index (κ2) is 9.80. The summed E-state index contributed by atoms with van der Waals surface area (Å²) in [6, 6.07) is 11.0. The molecule has 10 heteroatoms. The lowest BCUT2D eigenvalue weighted by Crippen LogP contribution is -2.28. The maximum Gasteiger partial charge on any atom is 0.337 e. The van der Waals surface area contributed by atoms with Crippen LogP contribution in [-0.4, -0.2) is 44.0 Å². The van der Waals surface area contributed by atoms with Crippen molar-refractivity contribution >= 4 is 58.3 Å². The van der Waals surface area contributed by atoms with Crippen molar-refractivity contribution in [1.29, 1.82) is 0 Å². The van der Waals surface area contributed by atoms with Crippen LogP contribution in [0.25, 0.3) is 0 Å². The van der Waals surface area contributed by atoms with Gasteiger partial charge in [0.1, 0.15) is 0 Å². The maximum atomic E-state index is 12.3. The Labute approximate surface area is 188 Å². The molecule has 1 N–H and O–H groups in total. The van der Waals surface area contributed by atoms with Crippen molar-refractivity contribution in [2.24, 2.45) is 5.92 Å². The van der Waals surface area contributed by atoms with E-state index in [1.54, 1.807) is 30.3 Å². The largest absolute Gasteiger partial charge is 0.465 e. The fourth-order valence-corrected chi connectivity index (χ4v) is 3.40. The molecule has 3 rings (SSSR count). The summed E-state index contributed by atoms with van der Waals surface area (Å²) < 4.78 is 9.70. The maximum absolute atomic E-state index is 12.3. The summed E-state index contributed by atoms with van der Waals surface area (Å²) in [5, 5.41) is 2.97. The van der Waals surface area contributed by atoms with Crippen molar-refractivity contribution in [3.05, 3.63) is 58.1 Å². The minimum absolute atomic E-state index is 0.0423. The molecule has 1 fully saturated rings. The van der Waals surface area contributed by atoms with Gasteiger partial charge in [0.25, 0.3) is 5.91 Å². The third-order valence-corrected chi connectivity index (χ3v) is 5.45. The number of rotatable bonds is 6. The van der Waals surface area contributed by atoms with Gasteiger partial charge in [-0.05, 0) is 36.4 Å². The lowest BCUT2D eigenvalue weighted by molar-refractivity contribution is -0.151. The van der Waals surface area contributed by atoms with Crippen molar-refractivity contribution in [3.63, 3.8) is 0 Å². The summed E-state index contributed by atoms with van der Waals surface area (Å²) in [7, 11) is 1.28. The zero-order valence-corrected chi connectivity index (χ0v) is 17.9. The van der Waals surface area contributed by atoms with Crippen LogP contribution in [0, 0.1) is 5.92 Å². The molecule has 0 aromatic heterocycles. The molecule has 2 aromatic rings. The number of ether oxygens (including phenoxy) is 2. The van der Waals surface area contributed by atoms with Gasteiger partial charge in [-0.2, -0.15) is 0 Å². The monoisotopic (exact) mass is 464 g/mol. The van der Waals surface area contributed by atoms with Crippen molar-refractivity contribution in [2.75, 3.05) is 30.5 Å². The Balaban J connectivity index is 1.54. The molecule has 2 aromatic carbocycles. The Morgan fingerprint density at radius 3 is 2.52 bits per heavy atom. The van der Waals surface area contributed by atoms with Gasteiger partial charge in [0.15, 0.2) is 6.61 Å². The average Bonchev–Trinajstić information content (AvgIpc) is 3.16. The zero-order chi connectivity index (χ0) is 22.5. The number of nitrogens with one attached hydrogen (secondary N) is 1. The van der Waals surface area contributed by atoms with Crippen LogP contribution in [0.4, 0.5) is 11.4 Å². The van der Waals surface area contributed by atoms with Gasteiger partial charge in [-0.25, -0.2) is 4.79 Å². The van der Waals surface area contributed by atoms with Crippen molar-refractivity contribution < 1.29 is 28.7 Å². The highest BCUT2D eigenvalue weighted by atomic mass is 35.5.